The van der Waals surface area contributed by atoms with Gasteiger partial charge in [-0.25, -0.2) is 8.42 Å². The lowest BCUT2D eigenvalue weighted by Gasteiger charge is -2.35. The van der Waals surface area contributed by atoms with Crippen molar-refractivity contribution < 1.29 is 32.6 Å². The molecule has 0 radical (unpaired) electrons. The number of amides is 2. The number of carbonyl (C=O) groups excluding carboxylic acids is 2. The molecule has 2 aromatic rings. The Kier molecular flexibility index (Phi) is 14.3. The van der Waals surface area contributed by atoms with Crippen molar-refractivity contribution in [3.8, 4) is 5.75 Å². The second-order valence-corrected chi connectivity index (χ2v) is 15.4. The number of thiophene rings is 1. The van der Waals surface area contributed by atoms with Crippen LogP contribution in [0.25, 0.3) is 0 Å². The second-order valence-electron chi connectivity index (χ2n) is 12.2. The smallest absolute Gasteiger partial charge is 0.258 e. The SMILES string of the molecule is C[C@H]1CCCCO[C@H](CN(C)S(=O)(=O)c2cccs2)[C@@H](C)CN([C@@H](C)CO)C(=O)c2cc(NC(=O)CCCN(C)C)ccc2O1. The van der Waals surface area contributed by atoms with Gasteiger partial charge in [-0.1, -0.05) is 13.0 Å². The Morgan fingerprint density at radius 1 is 1.20 bits per heavy atom. The number of carbonyl (C=O) groups is 2. The van der Waals surface area contributed by atoms with E-state index in [-0.39, 0.29) is 53.3 Å². The van der Waals surface area contributed by atoms with Crippen LogP contribution in [0.1, 0.15) is 63.2 Å². The molecule has 13 heteroatoms. The fourth-order valence-electron chi connectivity index (χ4n) is 5.16. The number of ether oxygens (including phenoxy) is 2. The maximum Gasteiger partial charge on any atom is 0.258 e. The van der Waals surface area contributed by atoms with Crippen molar-refractivity contribution in [2.45, 2.75) is 75.3 Å². The maximum atomic E-state index is 14.3. The third-order valence-electron chi connectivity index (χ3n) is 7.94. The van der Waals surface area contributed by atoms with Gasteiger partial charge in [0.2, 0.25) is 5.91 Å². The Hall–Kier alpha value is -2.55. The average molecular weight is 667 g/mol. The van der Waals surface area contributed by atoms with Crippen LogP contribution in [0.2, 0.25) is 0 Å². The quantitative estimate of drug-likeness (QED) is 0.366. The minimum atomic E-state index is -3.70. The molecular formula is C32H50N4O7S2. The predicted octanol–water partition coefficient (Wildman–Crippen LogP) is 4.14. The number of sulfonamides is 1. The number of hydrogen-bond acceptors (Lipinski definition) is 9. The van der Waals surface area contributed by atoms with Gasteiger partial charge in [0.15, 0.2) is 0 Å². The van der Waals surface area contributed by atoms with E-state index in [0.717, 1.165) is 37.1 Å². The van der Waals surface area contributed by atoms with Crippen molar-refractivity contribution in [3.05, 3.63) is 41.3 Å². The Labute approximate surface area is 272 Å². The number of hydrogen-bond donors (Lipinski definition) is 2. The van der Waals surface area contributed by atoms with E-state index in [2.05, 4.69) is 5.32 Å². The van der Waals surface area contributed by atoms with Crippen LogP contribution in [0, 0.1) is 5.92 Å². The molecule has 1 aliphatic rings. The lowest BCUT2D eigenvalue weighted by Crippen LogP contribution is -2.48. The second kappa shape index (κ2) is 17.4. The molecule has 0 saturated carbocycles. The first-order valence-corrected chi connectivity index (χ1v) is 17.9. The van der Waals surface area contributed by atoms with Gasteiger partial charge in [-0.05, 0) is 89.8 Å². The van der Waals surface area contributed by atoms with Crippen molar-refractivity contribution in [2.75, 3.05) is 59.3 Å². The van der Waals surface area contributed by atoms with Crippen LogP contribution in [-0.4, -0.2) is 112 Å². The molecule has 0 spiro atoms. The topological polar surface area (TPSA) is 129 Å². The summed E-state index contributed by atoms with van der Waals surface area (Å²) in [5, 5.41) is 14.8. The van der Waals surface area contributed by atoms with Crippen LogP contribution in [0.5, 0.6) is 5.75 Å². The Balaban J connectivity index is 1.92. The number of nitrogens with one attached hydrogen (secondary N) is 1. The van der Waals surface area contributed by atoms with E-state index < -0.39 is 22.2 Å². The van der Waals surface area contributed by atoms with E-state index in [1.54, 1.807) is 54.6 Å². The Bertz CT molecular complexity index is 1340. The first-order valence-electron chi connectivity index (χ1n) is 15.6. The largest absolute Gasteiger partial charge is 0.490 e. The fourth-order valence-corrected chi connectivity index (χ4v) is 7.54. The molecule has 0 saturated heterocycles. The lowest BCUT2D eigenvalue weighted by atomic mass is 10.0. The molecule has 0 unspecified atom stereocenters. The van der Waals surface area contributed by atoms with Crippen LogP contribution in [-0.2, 0) is 19.6 Å². The summed E-state index contributed by atoms with van der Waals surface area (Å²) < 4.78 is 40.5. The van der Waals surface area contributed by atoms with E-state index in [1.165, 1.54) is 4.31 Å². The van der Waals surface area contributed by atoms with E-state index in [1.807, 2.05) is 32.8 Å². The highest BCUT2D eigenvalue weighted by atomic mass is 32.2. The minimum Gasteiger partial charge on any atom is -0.490 e. The van der Waals surface area contributed by atoms with Crippen LogP contribution >= 0.6 is 11.3 Å². The first-order chi connectivity index (χ1) is 21.3. The number of aliphatic hydroxyl groups excluding tert-OH is 1. The van der Waals surface area contributed by atoms with Gasteiger partial charge in [0, 0.05) is 44.8 Å². The molecule has 0 aliphatic carbocycles. The standard InChI is InChI=1S/C32H50N4O7S2/c1-23-20-36(24(2)22-37)32(39)27-19-26(33-30(38)12-9-16-34(4)5)14-15-28(27)43-25(3)11-7-8-17-42-29(23)21-35(6)45(40,41)31-13-10-18-44-31/h10,13-15,18-19,23-25,29,37H,7-9,11-12,16-17,20-22H2,1-6H3,(H,33,38)/t23-,24-,25-,29+/m0/s1. The van der Waals surface area contributed by atoms with Crippen LogP contribution in [0.4, 0.5) is 5.69 Å². The number of fused-ring (bicyclic) bond motifs is 1. The molecule has 252 valence electrons. The van der Waals surface area contributed by atoms with Crippen molar-refractivity contribution in [1.82, 2.24) is 14.1 Å². The van der Waals surface area contributed by atoms with Crippen LogP contribution in [0.3, 0.4) is 0 Å². The highest BCUT2D eigenvalue weighted by molar-refractivity contribution is 7.91. The molecule has 11 nitrogen and oxygen atoms in total. The number of rotatable bonds is 11. The number of nitrogens with zero attached hydrogens (tertiary/aromatic N) is 3. The Morgan fingerprint density at radius 2 is 1.96 bits per heavy atom. The molecule has 0 fully saturated rings. The fraction of sp³-hybridized carbons (Fsp3) is 0.625. The zero-order chi connectivity index (χ0) is 33.1. The van der Waals surface area contributed by atoms with Crippen molar-refractivity contribution >= 4 is 38.9 Å². The van der Waals surface area contributed by atoms with E-state index in [4.69, 9.17) is 9.47 Å². The summed E-state index contributed by atoms with van der Waals surface area (Å²) >= 11 is 1.16. The maximum absolute atomic E-state index is 14.3. The molecule has 2 N–H and O–H groups in total. The van der Waals surface area contributed by atoms with Gasteiger partial charge in [0.1, 0.15) is 9.96 Å². The van der Waals surface area contributed by atoms with E-state index in [0.29, 0.717) is 30.9 Å². The van der Waals surface area contributed by atoms with Crippen LogP contribution < -0.4 is 10.1 Å². The molecule has 3 rings (SSSR count). The monoisotopic (exact) mass is 666 g/mol. The van der Waals surface area contributed by atoms with E-state index >= 15 is 0 Å². The normalized spacial score (nSPS) is 21.2. The summed E-state index contributed by atoms with van der Waals surface area (Å²) in [6.45, 7) is 6.90. The zero-order valence-corrected chi connectivity index (χ0v) is 29.0. The molecule has 1 aromatic heterocycles. The molecule has 2 heterocycles. The number of likely N-dealkylation sites (N-methyl/N-ethyl adjacent to an activating group) is 1. The van der Waals surface area contributed by atoms with Crippen molar-refractivity contribution in [3.63, 3.8) is 0 Å². The molecule has 1 aromatic carbocycles. The van der Waals surface area contributed by atoms with Gasteiger partial charge in [-0.15, -0.1) is 11.3 Å². The van der Waals surface area contributed by atoms with Gasteiger partial charge in [-0.2, -0.15) is 4.31 Å². The highest BCUT2D eigenvalue weighted by Crippen LogP contribution is 2.29. The molecular weight excluding hydrogens is 617 g/mol. The van der Waals surface area contributed by atoms with Crippen molar-refractivity contribution in [1.29, 1.82) is 0 Å². The summed E-state index contributed by atoms with van der Waals surface area (Å²) in [4.78, 5) is 30.5. The van der Waals surface area contributed by atoms with Gasteiger partial charge < -0.3 is 29.7 Å². The Morgan fingerprint density at radius 3 is 2.62 bits per heavy atom. The third kappa shape index (κ3) is 10.8. The highest BCUT2D eigenvalue weighted by Gasteiger charge is 2.32. The van der Waals surface area contributed by atoms with Gasteiger partial charge in [-0.3, -0.25) is 9.59 Å². The minimum absolute atomic E-state index is 0.108. The summed E-state index contributed by atoms with van der Waals surface area (Å²) in [7, 11) is 1.76. The lowest BCUT2D eigenvalue weighted by molar-refractivity contribution is -0.116. The number of anilines is 1. The summed E-state index contributed by atoms with van der Waals surface area (Å²) in [6.07, 6.45) is 2.67. The third-order valence-corrected chi connectivity index (χ3v) is 11.1. The van der Waals surface area contributed by atoms with Crippen LogP contribution in [0.15, 0.2) is 39.9 Å². The molecule has 4 atom stereocenters. The summed E-state index contributed by atoms with van der Waals surface area (Å²) in [6, 6.07) is 7.83. The number of aliphatic hydroxyl groups is 1. The zero-order valence-electron chi connectivity index (χ0n) is 27.4. The molecule has 45 heavy (non-hydrogen) atoms. The average Bonchev–Trinajstić information content (AvgIpc) is 3.54. The van der Waals surface area contributed by atoms with Gasteiger partial charge >= 0.3 is 0 Å². The van der Waals surface area contributed by atoms with Crippen molar-refractivity contribution in [2.24, 2.45) is 5.92 Å². The predicted molar refractivity (Wildman–Crippen MR) is 177 cm³/mol. The van der Waals surface area contributed by atoms with E-state index in [9.17, 15) is 23.1 Å². The number of benzene rings is 1. The molecule has 2 amide bonds. The first kappa shape index (κ1) is 36.9. The van der Waals surface area contributed by atoms with Gasteiger partial charge in [0.25, 0.3) is 15.9 Å². The van der Waals surface area contributed by atoms with Gasteiger partial charge in [0.05, 0.1) is 30.4 Å². The summed E-state index contributed by atoms with van der Waals surface area (Å²) in [5.41, 5.74) is 0.771. The molecule has 1 aliphatic heterocycles. The molecule has 0 bridgehead atoms. The summed E-state index contributed by atoms with van der Waals surface area (Å²) in [5.74, 6) is -0.373.